The van der Waals surface area contributed by atoms with E-state index in [2.05, 4.69) is 20.0 Å². The minimum absolute atomic E-state index is 0.0111. The number of hydrogen-bond acceptors (Lipinski definition) is 6. The van der Waals surface area contributed by atoms with Crippen LogP contribution in [0.2, 0.25) is 10.3 Å². The highest BCUT2D eigenvalue weighted by atomic mass is 35.5. The maximum Gasteiger partial charge on any atom is 0.241 e. The van der Waals surface area contributed by atoms with Crippen LogP contribution in [0.25, 0.3) is 0 Å². The van der Waals surface area contributed by atoms with Gasteiger partial charge in [0.2, 0.25) is 15.3 Å². The Bertz CT molecular complexity index is 844. The lowest BCUT2D eigenvalue weighted by Crippen LogP contribution is -2.46. The lowest BCUT2D eigenvalue weighted by Gasteiger charge is -2.23. The Balaban J connectivity index is 2.30. The van der Waals surface area contributed by atoms with Crippen molar-refractivity contribution in [1.29, 1.82) is 0 Å². The molecule has 0 aliphatic rings. The molecule has 0 aliphatic heterocycles. The molecule has 0 amide bonds. The van der Waals surface area contributed by atoms with Crippen LogP contribution >= 0.6 is 23.2 Å². The number of benzene rings is 1. The van der Waals surface area contributed by atoms with Crippen molar-refractivity contribution in [2.75, 3.05) is 11.9 Å². The minimum Gasteiger partial charge on any atom is -0.394 e. The van der Waals surface area contributed by atoms with Crippen molar-refractivity contribution >= 4 is 44.7 Å². The summed E-state index contributed by atoms with van der Waals surface area (Å²) in [4.78, 5) is 7.72. The third kappa shape index (κ3) is 4.78. The van der Waals surface area contributed by atoms with Crippen LogP contribution in [0.5, 0.6) is 0 Å². The molecule has 0 saturated heterocycles. The van der Waals surface area contributed by atoms with Gasteiger partial charge in [0.05, 0.1) is 23.2 Å². The molecule has 1 aromatic heterocycles. The molecule has 1 aromatic carbocycles. The number of aliphatic hydroxyl groups excluding tert-OH is 1. The summed E-state index contributed by atoms with van der Waals surface area (Å²) in [5.74, 6) is 0.259. The van der Waals surface area contributed by atoms with E-state index in [9.17, 15) is 13.5 Å². The van der Waals surface area contributed by atoms with E-state index in [1.54, 1.807) is 26.0 Å². The van der Waals surface area contributed by atoms with Crippen molar-refractivity contribution in [3.8, 4) is 0 Å². The van der Waals surface area contributed by atoms with Crippen molar-refractivity contribution in [3.63, 3.8) is 0 Å². The smallest absolute Gasteiger partial charge is 0.241 e. The Kier molecular flexibility index (Phi) is 5.67. The Morgan fingerprint density at radius 1 is 1.29 bits per heavy atom. The molecule has 0 atom stereocenters. The fraction of sp³-hybridized carbons (Fsp3) is 0.286. The van der Waals surface area contributed by atoms with Gasteiger partial charge in [0.15, 0.2) is 5.82 Å². The molecule has 0 spiro atoms. The van der Waals surface area contributed by atoms with Gasteiger partial charge in [0, 0.05) is 5.69 Å². The van der Waals surface area contributed by atoms with Crippen LogP contribution in [-0.2, 0) is 10.0 Å². The van der Waals surface area contributed by atoms with Crippen LogP contribution in [0.1, 0.15) is 13.8 Å². The van der Waals surface area contributed by atoms with Crippen molar-refractivity contribution < 1.29 is 13.5 Å². The summed E-state index contributed by atoms with van der Waals surface area (Å²) in [7, 11) is -3.80. The molecule has 0 bridgehead atoms. The van der Waals surface area contributed by atoms with Crippen LogP contribution in [-0.4, -0.2) is 35.6 Å². The Morgan fingerprint density at radius 3 is 2.67 bits per heavy atom. The molecule has 2 rings (SSSR count). The number of aromatic nitrogens is 2. The molecule has 10 heteroatoms. The zero-order valence-electron chi connectivity index (χ0n) is 12.9. The highest BCUT2D eigenvalue weighted by Crippen LogP contribution is 2.25. The topological polar surface area (TPSA) is 104 Å². The van der Waals surface area contributed by atoms with Crippen molar-refractivity contribution in [3.05, 3.63) is 40.8 Å². The lowest BCUT2D eigenvalue weighted by atomic mass is 10.1. The SMILES string of the molecule is CC(C)(CO)NS(=O)(=O)c1cccc(Nc2nc(Cl)ncc2Cl)c1. The number of hydrogen-bond donors (Lipinski definition) is 3. The largest absolute Gasteiger partial charge is 0.394 e. The number of halogens is 2. The van der Waals surface area contributed by atoms with E-state index in [1.807, 2.05) is 0 Å². The van der Waals surface area contributed by atoms with Gasteiger partial charge >= 0.3 is 0 Å². The van der Waals surface area contributed by atoms with Crippen molar-refractivity contribution in [2.24, 2.45) is 0 Å². The summed E-state index contributed by atoms with van der Waals surface area (Å²) in [6.07, 6.45) is 1.34. The van der Waals surface area contributed by atoms with E-state index in [4.69, 9.17) is 23.2 Å². The summed E-state index contributed by atoms with van der Waals surface area (Å²) < 4.78 is 27.3. The molecule has 7 nitrogen and oxygen atoms in total. The number of aliphatic hydroxyl groups is 1. The highest BCUT2D eigenvalue weighted by molar-refractivity contribution is 7.89. The molecule has 0 radical (unpaired) electrons. The number of nitrogens with one attached hydrogen (secondary N) is 2. The zero-order chi connectivity index (χ0) is 18.0. The second-order valence-electron chi connectivity index (χ2n) is 5.64. The van der Waals surface area contributed by atoms with E-state index in [0.717, 1.165) is 0 Å². The van der Waals surface area contributed by atoms with Gasteiger partial charge in [0.1, 0.15) is 5.02 Å². The van der Waals surface area contributed by atoms with E-state index in [1.165, 1.54) is 18.3 Å². The Morgan fingerprint density at radius 2 is 2.00 bits per heavy atom. The molecule has 130 valence electrons. The third-order valence-corrected chi connectivity index (χ3v) is 5.08. The van der Waals surface area contributed by atoms with Crippen LogP contribution in [0, 0.1) is 0 Å². The van der Waals surface area contributed by atoms with Gasteiger partial charge in [-0.15, -0.1) is 0 Å². The second kappa shape index (κ2) is 7.20. The molecule has 3 N–H and O–H groups in total. The summed E-state index contributed by atoms with van der Waals surface area (Å²) in [6.45, 7) is 2.82. The quantitative estimate of drug-likeness (QED) is 0.654. The molecular weight excluding hydrogens is 375 g/mol. The molecule has 2 aromatic rings. The molecule has 0 aliphatic carbocycles. The zero-order valence-corrected chi connectivity index (χ0v) is 15.2. The Labute approximate surface area is 150 Å². The van der Waals surface area contributed by atoms with E-state index in [0.29, 0.717) is 5.69 Å². The first kappa shape index (κ1) is 18.9. The number of rotatable bonds is 6. The van der Waals surface area contributed by atoms with Gasteiger partial charge < -0.3 is 10.4 Å². The van der Waals surface area contributed by atoms with Gasteiger partial charge in [-0.3, -0.25) is 0 Å². The third-order valence-electron chi connectivity index (χ3n) is 2.93. The predicted molar refractivity (Wildman–Crippen MR) is 93.3 cm³/mol. The van der Waals surface area contributed by atoms with Gasteiger partial charge in [0.25, 0.3) is 0 Å². The van der Waals surface area contributed by atoms with E-state index in [-0.39, 0.29) is 27.6 Å². The molecule has 0 fully saturated rings. The minimum atomic E-state index is -3.80. The summed E-state index contributed by atoms with van der Waals surface area (Å²) in [5, 5.41) is 12.4. The van der Waals surface area contributed by atoms with Gasteiger partial charge in [-0.05, 0) is 43.6 Å². The summed E-state index contributed by atoms with van der Waals surface area (Å²) in [6, 6.07) is 6.08. The number of sulfonamides is 1. The van der Waals surface area contributed by atoms with Crippen molar-refractivity contribution in [1.82, 2.24) is 14.7 Å². The maximum absolute atomic E-state index is 12.4. The lowest BCUT2D eigenvalue weighted by molar-refractivity contribution is 0.208. The molecule has 0 unspecified atom stereocenters. The monoisotopic (exact) mass is 390 g/mol. The van der Waals surface area contributed by atoms with E-state index < -0.39 is 15.6 Å². The highest BCUT2D eigenvalue weighted by Gasteiger charge is 2.25. The maximum atomic E-state index is 12.4. The first-order valence-corrected chi connectivity index (χ1v) is 9.07. The normalized spacial score (nSPS) is 12.2. The standard InChI is InChI=1S/C14H16Cl2N4O3S/c1-14(2,8-21)20-24(22,23)10-5-3-4-9(6-10)18-12-11(15)7-17-13(16)19-12/h3-7,20-21H,8H2,1-2H3,(H,17,18,19). The van der Waals surface area contributed by atoms with Gasteiger partial charge in [-0.1, -0.05) is 17.7 Å². The van der Waals surface area contributed by atoms with E-state index >= 15 is 0 Å². The van der Waals surface area contributed by atoms with Crippen LogP contribution in [0.3, 0.4) is 0 Å². The molecule has 0 saturated carbocycles. The van der Waals surface area contributed by atoms with Crippen LogP contribution in [0.4, 0.5) is 11.5 Å². The average molecular weight is 391 g/mol. The fourth-order valence-electron chi connectivity index (χ4n) is 1.77. The van der Waals surface area contributed by atoms with Gasteiger partial charge in [-0.25, -0.2) is 18.1 Å². The number of nitrogens with zero attached hydrogens (tertiary/aromatic N) is 2. The number of anilines is 2. The molecular formula is C14H16Cl2N4O3S. The Hall–Kier alpha value is -1.45. The second-order valence-corrected chi connectivity index (χ2v) is 8.06. The molecule has 24 heavy (non-hydrogen) atoms. The summed E-state index contributed by atoms with van der Waals surface area (Å²) >= 11 is 11.7. The van der Waals surface area contributed by atoms with Crippen LogP contribution in [0.15, 0.2) is 35.4 Å². The first-order valence-electron chi connectivity index (χ1n) is 6.83. The first-order chi connectivity index (χ1) is 11.1. The fourth-order valence-corrected chi connectivity index (χ4v) is 3.49. The van der Waals surface area contributed by atoms with Crippen molar-refractivity contribution in [2.45, 2.75) is 24.3 Å². The van der Waals surface area contributed by atoms with Crippen LogP contribution < -0.4 is 10.0 Å². The molecule has 1 heterocycles. The summed E-state index contributed by atoms with van der Waals surface area (Å²) in [5.41, 5.74) is -0.525. The van der Waals surface area contributed by atoms with Gasteiger partial charge in [-0.2, -0.15) is 4.98 Å². The average Bonchev–Trinajstić information content (AvgIpc) is 2.50. The predicted octanol–water partition coefficient (Wildman–Crippen LogP) is 2.58.